The van der Waals surface area contributed by atoms with E-state index in [1.54, 1.807) is 6.07 Å². The smallest absolute Gasteiger partial charge is 0.275 e. The Morgan fingerprint density at radius 2 is 2.05 bits per heavy atom. The van der Waals surface area contributed by atoms with Crippen LogP contribution in [0.4, 0.5) is 11.4 Å². The van der Waals surface area contributed by atoms with Crippen molar-refractivity contribution in [2.24, 2.45) is 0 Å². The van der Waals surface area contributed by atoms with Gasteiger partial charge in [-0.3, -0.25) is 14.3 Å². The quantitative estimate of drug-likeness (QED) is 0.675. The lowest BCUT2D eigenvalue weighted by molar-refractivity contribution is -0.384. The maximum Gasteiger partial charge on any atom is 0.275 e. The number of ether oxygens (including phenoxy) is 1. The zero-order valence-electron chi connectivity index (χ0n) is 10.6. The van der Waals surface area contributed by atoms with Crippen LogP contribution in [0.2, 0.25) is 0 Å². The van der Waals surface area contributed by atoms with Crippen molar-refractivity contribution in [3.05, 3.63) is 28.3 Å². The molecule has 1 fully saturated rings. The first kappa shape index (κ1) is 13.8. The van der Waals surface area contributed by atoms with Gasteiger partial charge in [-0.15, -0.1) is 0 Å². The minimum atomic E-state index is -0.710. The lowest BCUT2D eigenvalue weighted by atomic mass is 10.1. The highest BCUT2D eigenvalue weighted by Crippen LogP contribution is 2.27. The highest BCUT2D eigenvalue weighted by molar-refractivity contribution is 7.85. The largest absolute Gasteiger partial charge is 0.496 e. The van der Waals surface area contributed by atoms with Crippen molar-refractivity contribution in [3.8, 4) is 5.75 Å². The van der Waals surface area contributed by atoms with Gasteiger partial charge in [0.15, 0.2) is 0 Å². The highest BCUT2D eigenvalue weighted by atomic mass is 32.2. The van der Waals surface area contributed by atoms with E-state index < -0.39 is 15.7 Å². The highest BCUT2D eigenvalue weighted by Gasteiger charge is 2.19. The first-order chi connectivity index (χ1) is 9.08. The lowest BCUT2D eigenvalue weighted by Gasteiger charge is -2.23. The van der Waals surface area contributed by atoms with E-state index in [1.165, 1.54) is 19.2 Å². The standard InChI is InChI=1S/C12H16N2O4S/c1-18-12-7-10(6-11(8-12)14(15)16)13-9-2-4-19(17)5-3-9/h6-9,13H,2-5H2,1H3. The van der Waals surface area contributed by atoms with E-state index >= 15 is 0 Å². The van der Waals surface area contributed by atoms with E-state index in [0.717, 1.165) is 12.8 Å². The number of anilines is 1. The number of nitrogens with one attached hydrogen (secondary N) is 1. The third kappa shape index (κ3) is 3.66. The van der Waals surface area contributed by atoms with E-state index in [-0.39, 0.29) is 11.7 Å². The van der Waals surface area contributed by atoms with Crippen LogP contribution in [0, 0.1) is 10.1 Å². The molecular formula is C12H16N2O4S. The summed E-state index contributed by atoms with van der Waals surface area (Å²) < 4.78 is 16.3. The Hall–Kier alpha value is -1.63. The molecule has 1 aromatic rings. The van der Waals surface area contributed by atoms with Gasteiger partial charge < -0.3 is 10.1 Å². The Bertz CT molecular complexity index is 497. The van der Waals surface area contributed by atoms with Crippen LogP contribution in [0.15, 0.2) is 18.2 Å². The number of nitro groups is 1. The number of nitro benzene ring substituents is 1. The predicted molar refractivity (Wildman–Crippen MR) is 74.2 cm³/mol. The van der Waals surface area contributed by atoms with Crippen LogP contribution >= 0.6 is 0 Å². The molecular weight excluding hydrogens is 268 g/mol. The molecule has 1 N–H and O–H groups in total. The third-order valence-electron chi connectivity index (χ3n) is 3.10. The molecule has 1 heterocycles. The van der Waals surface area contributed by atoms with E-state index in [1.807, 2.05) is 0 Å². The van der Waals surface area contributed by atoms with Gasteiger partial charge in [-0.2, -0.15) is 0 Å². The lowest BCUT2D eigenvalue weighted by Crippen LogP contribution is -2.29. The molecule has 0 aliphatic carbocycles. The van der Waals surface area contributed by atoms with Crippen LogP contribution < -0.4 is 10.1 Å². The monoisotopic (exact) mass is 284 g/mol. The fourth-order valence-corrected chi connectivity index (χ4v) is 3.36. The summed E-state index contributed by atoms with van der Waals surface area (Å²) in [7, 11) is 0.769. The van der Waals surface area contributed by atoms with Gasteiger partial charge in [0.05, 0.1) is 18.1 Å². The molecule has 0 radical (unpaired) electrons. The summed E-state index contributed by atoms with van der Waals surface area (Å²) in [5.74, 6) is 1.82. The first-order valence-electron chi connectivity index (χ1n) is 6.03. The molecule has 104 valence electrons. The maximum atomic E-state index is 11.3. The van der Waals surface area contributed by atoms with Gasteiger partial charge in [0, 0.05) is 46.2 Å². The Balaban J connectivity index is 2.12. The Labute approximate surface area is 113 Å². The van der Waals surface area contributed by atoms with E-state index in [9.17, 15) is 14.3 Å². The summed E-state index contributed by atoms with van der Waals surface area (Å²) in [6, 6.07) is 4.83. The number of rotatable bonds is 4. The van der Waals surface area contributed by atoms with Gasteiger partial charge in [-0.1, -0.05) is 0 Å². The summed E-state index contributed by atoms with van der Waals surface area (Å²) in [6.45, 7) is 0. The predicted octanol–water partition coefficient (Wildman–Crippen LogP) is 1.93. The van der Waals surface area contributed by atoms with Gasteiger partial charge in [-0.25, -0.2) is 0 Å². The molecule has 0 saturated carbocycles. The van der Waals surface area contributed by atoms with Crippen LogP contribution in [0.1, 0.15) is 12.8 Å². The van der Waals surface area contributed by atoms with E-state index in [2.05, 4.69) is 5.32 Å². The molecule has 1 aromatic carbocycles. The molecule has 2 rings (SSSR count). The molecule has 1 aliphatic heterocycles. The Morgan fingerprint density at radius 1 is 1.37 bits per heavy atom. The molecule has 7 heteroatoms. The minimum Gasteiger partial charge on any atom is -0.496 e. The van der Waals surface area contributed by atoms with Gasteiger partial charge in [-0.05, 0) is 12.8 Å². The van der Waals surface area contributed by atoms with Crippen LogP contribution in [0.3, 0.4) is 0 Å². The van der Waals surface area contributed by atoms with Crippen LogP contribution in [-0.4, -0.2) is 33.8 Å². The number of nitrogens with zero attached hydrogens (tertiary/aromatic N) is 1. The molecule has 0 bridgehead atoms. The van der Waals surface area contributed by atoms with E-state index in [0.29, 0.717) is 22.9 Å². The minimum absolute atomic E-state index is 0.00114. The average Bonchev–Trinajstić information content (AvgIpc) is 2.41. The second kappa shape index (κ2) is 6.01. The molecule has 0 amide bonds. The van der Waals surface area contributed by atoms with Crippen molar-refractivity contribution in [1.82, 2.24) is 0 Å². The zero-order valence-corrected chi connectivity index (χ0v) is 11.4. The second-order valence-corrected chi connectivity index (χ2v) is 6.14. The second-order valence-electron chi connectivity index (χ2n) is 4.44. The van der Waals surface area contributed by atoms with Crippen molar-refractivity contribution in [2.45, 2.75) is 18.9 Å². The van der Waals surface area contributed by atoms with E-state index in [4.69, 9.17) is 4.74 Å². The van der Waals surface area contributed by atoms with Crippen molar-refractivity contribution in [2.75, 3.05) is 23.9 Å². The molecule has 0 atom stereocenters. The molecule has 0 spiro atoms. The molecule has 1 aliphatic rings. The topological polar surface area (TPSA) is 81.5 Å². The summed E-state index contributed by atoms with van der Waals surface area (Å²) in [5, 5.41) is 14.1. The zero-order chi connectivity index (χ0) is 13.8. The van der Waals surface area contributed by atoms with Crippen LogP contribution in [0.25, 0.3) is 0 Å². The molecule has 0 unspecified atom stereocenters. The summed E-state index contributed by atoms with van der Waals surface area (Å²) in [6.07, 6.45) is 1.63. The number of non-ortho nitro benzene ring substituents is 1. The van der Waals surface area contributed by atoms with Crippen LogP contribution in [-0.2, 0) is 10.8 Å². The fraction of sp³-hybridized carbons (Fsp3) is 0.500. The number of hydrogen-bond donors (Lipinski definition) is 1. The van der Waals surface area contributed by atoms with Crippen molar-refractivity contribution < 1.29 is 13.9 Å². The summed E-state index contributed by atoms with van der Waals surface area (Å²) >= 11 is 0. The SMILES string of the molecule is COc1cc(NC2CCS(=O)CC2)cc([N+](=O)[O-])c1. The van der Waals surface area contributed by atoms with Gasteiger partial charge in [0.25, 0.3) is 5.69 Å². The summed E-state index contributed by atoms with van der Waals surface area (Å²) in [5.41, 5.74) is 0.671. The summed E-state index contributed by atoms with van der Waals surface area (Å²) in [4.78, 5) is 10.4. The fourth-order valence-electron chi connectivity index (χ4n) is 2.06. The molecule has 1 saturated heterocycles. The Kier molecular flexibility index (Phi) is 4.36. The Morgan fingerprint density at radius 3 is 2.63 bits per heavy atom. The van der Waals surface area contributed by atoms with Crippen LogP contribution in [0.5, 0.6) is 5.75 Å². The normalized spacial score (nSPS) is 22.8. The number of hydrogen-bond acceptors (Lipinski definition) is 5. The van der Waals surface area contributed by atoms with Gasteiger partial charge in [0.1, 0.15) is 5.75 Å². The van der Waals surface area contributed by atoms with Gasteiger partial charge >= 0.3 is 0 Å². The number of methoxy groups -OCH3 is 1. The van der Waals surface area contributed by atoms with Crippen molar-refractivity contribution in [3.63, 3.8) is 0 Å². The van der Waals surface area contributed by atoms with Gasteiger partial charge in [0.2, 0.25) is 0 Å². The molecule has 19 heavy (non-hydrogen) atoms. The maximum absolute atomic E-state index is 11.3. The molecule has 0 aromatic heterocycles. The van der Waals surface area contributed by atoms with Crippen molar-refractivity contribution >= 4 is 22.2 Å². The average molecular weight is 284 g/mol. The number of benzene rings is 1. The third-order valence-corrected chi connectivity index (χ3v) is 4.48. The first-order valence-corrected chi connectivity index (χ1v) is 7.52. The molecule has 6 nitrogen and oxygen atoms in total. The van der Waals surface area contributed by atoms with Crippen molar-refractivity contribution in [1.29, 1.82) is 0 Å².